The zero-order valence-corrected chi connectivity index (χ0v) is 35.2. The summed E-state index contributed by atoms with van der Waals surface area (Å²) >= 11 is 42.8. The number of halogens is 14. The van der Waals surface area contributed by atoms with E-state index in [0.717, 1.165) is 12.1 Å². The topological polar surface area (TPSA) is 91.4 Å². The van der Waals surface area contributed by atoms with Gasteiger partial charge in [0.05, 0.1) is 43.1 Å². The van der Waals surface area contributed by atoms with Crippen molar-refractivity contribution in [1.29, 1.82) is 10.5 Å². The first-order chi connectivity index (χ1) is 23.5. The maximum absolute atomic E-state index is 12.6. The number of alkyl halides is 6. The fourth-order valence-electron chi connectivity index (χ4n) is 3.82. The van der Waals surface area contributed by atoms with Crippen LogP contribution in [-0.2, 0) is 9.36 Å². The first kappa shape index (κ1) is 52.6. The third kappa shape index (κ3) is 18.7. The summed E-state index contributed by atoms with van der Waals surface area (Å²) in [6.07, 6.45) is -9.91. The number of carbonyl (C=O) groups is 1. The SMILES string of the molecule is CCN(CC)CC.CN(C)c1c(Cl)cc(/C(C#N)=C(\Cl)C(F)(F)F)cc1Cl.CN(C)c1c(Cl)cc(C(C#N)C(=O)C(F)(F)F)cc1Cl.O=P(Cl)(Cl)Cl. The molecule has 0 saturated heterocycles. The molecule has 0 saturated carbocycles. The number of carbonyl (C=O) groups excluding carboxylic acids is 1. The van der Waals surface area contributed by atoms with Gasteiger partial charge < -0.3 is 14.7 Å². The molecule has 0 fully saturated rings. The molecule has 2 aromatic rings. The zero-order valence-electron chi connectivity index (χ0n) is 28.3. The molecule has 0 N–H and O–H groups in total. The second kappa shape index (κ2) is 23.4. The van der Waals surface area contributed by atoms with Gasteiger partial charge in [-0.3, -0.25) is 9.36 Å². The van der Waals surface area contributed by atoms with Gasteiger partial charge >= 0.3 is 17.6 Å². The van der Waals surface area contributed by atoms with E-state index in [4.69, 9.17) is 68.5 Å². The van der Waals surface area contributed by atoms with Gasteiger partial charge in [0.15, 0.2) is 0 Å². The molecular weight excluding hydrogens is 891 g/mol. The number of nitriles is 2. The molecule has 0 aliphatic rings. The molecule has 0 aliphatic carbocycles. The molecule has 1 unspecified atom stereocenters. The molecule has 1 atom stereocenters. The third-order valence-corrected chi connectivity index (χ3v) is 7.72. The number of nitrogens with zero attached hydrogens (tertiary/aromatic N) is 5. The van der Waals surface area contributed by atoms with Crippen LogP contribution in [0.4, 0.5) is 37.7 Å². The minimum atomic E-state index is -5.10. The highest BCUT2D eigenvalue weighted by Gasteiger charge is 2.44. The van der Waals surface area contributed by atoms with Crippen LogP contribution >= 0.6 is 96.9 Å². The van der Waals surface area contributed by atoms with Gasteiger partial charge in [0.1, 0.15) is 17.0 Å². The largest absolute Gasteiger partial charge is 0.451 e. The van der Waals surface area contributed by atoms with E-state index >= 15 is 0 Å². The summed E-state index contributed by atoms with van der Waals surface area (Å²) in [6.45, 7) is 10.1. The van der Waals surface area contributed by atoms with Crippen molar-refractivity contribution in [2.75, 3.05) is 57.6 Å². The minimum Gasteiger partial charge on any atom is -0.375 e. The number of hydrogen-bond acceptors (Lipinski definition) is 7. The van der Waals surface area contributed by atoms with Crippen LogP contribution in [0.2, 0.25) is 20.1 Å². The molecule has 0 aliphatic heterocycles. The van der Waals surface area contributed by atoms with Crippen LogP contribution in [-0.4, -0.2) is 70.9 Å². The molecule has 0 aromatic heterocycles. The van der Waals surface area contributed by atoms with Gasteiger partial charge in [-0.05, 0) is 88.7 Å². The van der Waals surface area contributed by atoms with Gasteiger partial charge in [-0.25, -0.2) is 0 Å². The van der Waals surface area contributed by atoms with Gasteiger partial charge in [0.2, 0.25) is 0 Å². The van der Waals surface area contributed by atoms with Crippen molar-refractivity contribution < 1.29 is 35.7 Å². The van der Waals surface area contributed by atoms with Crippen molar-refractivity contribution in [3.05, 3.63) is 60.5 Å². The van der Waals surface area contributed by atoms with Crippen molar-refractivity contribution in [3.63, 3.8) is 0 Å². The Bertz CT molecular complexity index is 1610. The number of benzene rings is 2. The highest BCUT2D eigenvalue weighted by molar-refractivity contribution is 8.24. The van der Waals surface area contributed by atoms with E-state index in [1.165, 1.54) is 43.9 Å². The van der Waals surface area contributed by atoms with E-state index in [0.29, 0.717) is 11.4 Å². The summed E-state index contributed by atoms with van der Waals surface area (Å²) in [6, 6.07) is 7.47. The lowest BCUT2D eigenvalue weighted by Gasteiger charge is -2.19. The van der Waals surface area contributed by atoms with Gasteiger partial charge in [0.25, 0.3) is 5.78 Å². The number of anilines is 2. The van der Waals surface area contributed by atoms with Crippen molar-refractivity contribution in [1.82, 2.24) is 4.90 Å². The van der Waals surface area contributed by atoms with Crippen molar-refractivity contribution >= 4 is 120 Å². The van der Waals surface area contributed by atoms with E-state index in [1.807, 2.05) is 0 Å². The monoisotopic (exact) mass is 919 g/mol. The summed E-state index contributed by atoms with van der Waals surface area (Å²) in [5, 5.41) is 13.3. The Kier molecular flexibility index (Phi) is 23.7. The Morgan fingerprint density at radius 1 is 0.750 bits per heavy atom. The minimum absolute atomic E-state index is 0.0627. The van der Waals surface area contributed by atoms with E-state index < -0.39 is 39.9 Å². The molecule has 0 amide bonds. The lowest BCUT2D eigenvalue weighted by molar-refractivity contribution is -0.171. The summed E-state index contributed by atoms with van der Waals surface area (Å²) in [7, 11) is 6.65. The standard InChI is InChI=1S/C12H8Cl3F3N2.C12H9Cl2F3N2O.C6H15N.Cl3OP/c1-20(2)10-8(13)3-6(4-9(10)14)7(5-19)11(15)12(16,17)18;1-19(2)10-8(13)3-6(4-9(10)14)7(5-18)11(20)12(15,16)17;1-4-7(5-2)6-3;1-5(2,3)4/h3-4H,1-2H3;3-4,7H,1-2H3;4-6H2,1-3H3;/b11-7-;;;. The number of hydrogen-bond donors (Lipinski definition) is 0. The predicted molar refractivity (Wildman–Crippen MR) is 204 cm³/mol. The smallest absolute Gasteiger partial charge is 0.375 e. The molecule has 0 spiro atoms. The maximum Gasteiger partial charge on any atom is 0.451 e. The van der Waals surface area contributed by atoms with Crippen LogP contribution in [0.1, 0.15) is 37.8 Å². The molecular formula is C30H32Cl8F6N5O2P. The number of rotatable bonds is 8. The molecule has 0 radical (unpaired) electrons. The Labute approximate surface area is 338 Å². The van der Waals surface area contributed by atoms with E-state index in [1.54, 1.807) is 38.0 Å². The van der Waals surface area contributed by atoms with Crippen LogP contribution in [0, 0.1) is 22.7 Å². The summed E-state index contributed by atoms with van der Waals surface area (Å²) < 4.78 is 84.4. The van der Waals surface area contributed by atoms with Crippen molar-refractivity contribution in [2.24, 2.45) is 0 Å². The van der Waals surface area contributed by atoms with Crippen LogP contribution in [0.5, 0.6) is 0 Å². The molecule has 2 rings (SSSR count). The van der Waals surface area contributed by atoms with Crippen LogP contribution < -0.4 is 9.80 Å². The van der Waals surface area contributed by atoms with E-state index in [-0.39, 0.29) is 31.2 Å². The van der Waals surface area contributed by atoms with E-state index in [9.17, 15) is 35.7 Å². The van der Waals surface area contributed by atoms with Gasteiger partial charge in [-0.15, -0.1) is 0 Å². The molecule has 22 heteroatoms. The predicted octanol–water partition coefficient (Wildman–Crippen LogP) is 13.1. The lowest BCUT2D eigenvalue weighted by Crippen LogP contribution is -2.28. The number of ketones is 1. The number of Topliss-reactive ketones (excluding diaryl/α,β-unsaturated/α-hetero) is 1. The van der Waals surface area contributed by atoms with Gasteiger partial charge in [-0.2, -0.15) is 36.9 Å². The summed E-state index contributed by atoms with van der Waals surface area (Å²) in [4.78, 5) is 16.7. The molecule has 292 valence electrons. The maximum atomic E-state index is 12.6. The molecule has 0 bridgehead atoms. The normalized spacial score (nSPS) is 12.3. The second-order valence-electron chi connectivity index (χ2n) is 10.2. The molecule has 0 heterocycles. The molecule has 52 heavy (non-hydrogen) atoms. The quantitative estimate of drug-likeness (QED) is 0.148. The van der Waals surface area contributed by atoms with Crippen LogP contribution in [0.15, 0.2) is 29.3 Å². The highest BCUT2D eigenvalue weighted by Crippen LogP contribution is 2.61. The number of allylic oxidation sites excluding steroid dienone is 2. The Balaban J connectivity index is 0. The van der Waals surface area contributed by atoms with Crippen molar-refractivity contribution in [2.45, 2.75) is 39.0 Å². The fraction of sp³-hybridized carbons (Fsp3) is 0.433. The average molecular weight is 923 g/mol. The molecule has 2 aromatic carbocycles. The first-order valence-electron chi connectivity index (χ1n) is 14.2. The zero-order chi connectivity index (χ0) is 41.5. The van der Waals surface area contributed by atoms with Crippen LogP contribution in [0.25, 0.3) is 5.57 Å². The summed E-state index contributed by atoms with van der Waals surface area (Å²) in [5.74, 6) is -4.13. The second-order valence-corrected chi connectivity index (χ2v) is 18.8. The summed E-state index contributed by atoms with van der Waals surface area (Å²) in [5.41, 5.74) is -0.162. The lowest BCUT2D eigenvalue weighted by atomic mass is 9.95. The molecule has 7 nitrogen and oxygen atoms in total. The van der Waals surface area contributed by atoms with Crippen molar-refractivity contribution in [3.8, 4) is 12.1 Å². The Morgan fingerprint density at radius 3 is 1.29 bits per heavy atom. The Hall–Kier alpha value is -1.48. The Morgan fingerprint density at radius 2 is 1.08 bits per heavy atom. The van der Waals surface area contributed by atoms with E-state index in [2.05, 4.69) is 59.4 Å². The van der Waals surface area contributed by atoms with Gasteiger partial charge in [-0.1, -0.05) is 78.8 Å². The van der Waals surface area contributed by atoms with Crippen LogP contribution in [0.3, 0.4) is 0 Å². The first-order valence-corrected chi connectivity index (χ1v) is 20.5. The average Bonchev–Trinajstić information content (AvgIpc) is 2.96. The third-order valence-electron chi connectivity index (χ3n) is 6.17. The fourth-order valence-corrected chi connectivity index (χ4v) is 5.64. The highest BCUT2D eigenvalue weighted by atomic mass is 36.0. The van der Waals surface area contributed by atoms with Gasteiger partial charge in [0, 0.05) is 28.2 Å².